The van der Waals surface area contributed by atoms with Gasteiger partial charge in [0, 0.05) is 23.9 Å². The molecule has 1 N–H and O–H groups in total. The van der Waals surface area contributed by atoms with Crippen LogP contribution in [0, 0.1) is 0 Å². The molecule has 116 valence electrons. The number of fused-ring (bicyclic) bond motifs is 2. The number of benzene rings is 2. The Kier molecular flexibility index (Phi) is 3.16. The lowest BCUT2D eigenvalue weighted by Crippen LogP contribution is -2.54. The maximum absolute atomic E-state index is 12.6. The first-order valence-corrected chi connectivity index (χ1v) is 7.61. The van der Waals surface area contributed by atoms with E-state index in [9.17, 15) is 14.7 Å². The average molecular weight is 308 g/mol. The monoisotopic (exact) mass is 308 g/mol. The van der Waals surface area contributed by atoms with E-state index >= 15 is 0 Å². The first kappa shape index (κ1) is 14.0. The van der Waals surface area contributed by atoms with Crippen molar-refractivity contribution in [1.82, 2.24) is 9.47 Å². The summed E-state index contributed by atoms with van der Waals surface area (Å²) in [5, 5.41) is 10.6. The highest BCUT2D eigenvalue weighted by molar-refractivity contribution is 5.94. The van der Waals surface area contributed by atoms with Crippen molar-refractivity contribution in [3.8, 4) is 0 Å². The van der Waals surface area contributed by atoms with E-state index in [0.717, 1.165) is 11.0 Å². The molecule has 2 heterocycles. The fourth-order valence-corrected chi connectivity index (χ4v) is 3.14. The number of aliphatic hydroxyl groups is 1. The van der Waals surface area contributed by atoms with Crippen molar-refractivity contribution in [2.24, 2.45) is 0 Å². The van der Waals surface area contributed by atoms with Gasteiger partial charge in [-0.3, -0.25) is 9.59 Å². The van der Waals surface area contributed by atoms with Crippen LogP contribution in [0.15, 0.2) is 53.3 Å². The van der Waals surface area contributed by atoms with Gasteiger partial charge >= 0.3 is 0 Å². The Bertz CT molecular complexity index is 911. The third kappa shape index (κ3) is 2.21. The van der Waals surface area contributed by atoms with Crippen molar-refractivity contribution in [2.75, 3.05) is 13.1 Å². The Hall–Kier alpha value is -2.66. The number of aromatic nitrogens is 1. The number of rotatable bonds is 2. The molecule has 1 aliphatic rings. The summed E-state index contributed by atoms with van der Waals surface area (Å²) >= 11 is 0. The van der Waals surface area contributed by atoms with Crippen molar-refractivity contribution >= 4 is 27.7 Å². The third-order valence-corrected chi connectivity index (χ3v) is 4.39. The number of pyridine rings is 1. The van der Waals surface area contributed by atoms with Gasteiger partial charge in [0.2, 0.25) is 5.91 Å². The van der Waals surface area contributed by atoms with Gasteiger partial charge in [-0.05, 0) is 24.3 Å². The van der Waals surface area contributed by atoms with E-state index in [1.807, 2.05) is 41.0 Å². The van der Waals surface area contributed by atoms with Gasteiger partial charge in [0.15, 0.2) is 5.43 Å². The van der Waals surface area contributed by atoms with Crippen molar-refractivity contribution in [2.45, 2.75) is 12.6 Å². The number of amides is 1. The molecule has 0 saturated carbocycles. The number of hydrogen-bond donors (Lipinski definition) is 1. The predicted octanol–water partition coefficient (Wildman–Crippen LogP) is 1.36. The molecule has 1 amide bonds. The molecular formula is C18H16N2O3. The molecule has 0 aliphatic carbocycles. The van der Waals surface area contributed by atoms with Crippen LogP contribution in [0.1, 0.15) is 0 Å². The molecule has 0 spiro atoms. The molecule has 0 unspecified atom stereocenters. The molecule has 0 radical (unpaired) electrons. The zero-order valence-electron chi connectivity index (χ0n) is 12.5. The number of carbonyl (C=O) groups excluding carboxylic acids is 1. The minimum absolute atomic E-state index is 0.0146. The number of aliphatic hydroxyl groups excluding tert-OH is 1. The number of hydrogen-bond acceptors (Lipinski definition) is 3. The molecule has 0 atom stereocenters. The van der Waals surface area contributed by atoms with Gasteiger partial charge < -0.3 is 14.6 Å². The largest absolute Gasteiger partial charge is 0.389 e. The fourth-order valence-electron chi connectivity index (χ4n) is 3.14. The van der Waals surface area contributed by atoms with Crippen LogP contribution in [0.5, 0.6) is 0 Å². The topological polar surface area (TPSA) is 62.5 Å². The SMILES string of the molecule is O=C(Cn1c2ccccc2c(=O)c2ccccc21)N1CC(O)C1. The molecule has 3 aromatic rings. The summed E-state index contributed by atoms with van der Waals surface area (Å²) in [5.74, 6) is -0.0470. The average Bonchev–Trinajstić information content (AvgIpc) is 2.55. The zero-order valence-corrected chi connectivity index (χ0v) is 12.5. The molecule has 4 rings (SSSR count). The van der Waals surface area contributed by atoms with E-state index < -0.39 is 6.10 Å². The Morgan fingerprint density at radius 1 is 1.00 bits per heavy atom. The number of para-hydroxylation sites is 2. The Balaban J connectivity index is 1.90. The highest BCUT2D eigenvalue weighted by Crippen LogP contribution is 2.20. The standard InChI is InChI=1S/C18H16N2O3/c21-12-9-19(10-12)17(22)11-20-15-7-3-1-5-13(15)18(23)14-6-2-4-8-16(14)20/h1-8,12,21H,9-11H2. The van der Waals surface area contributed by atoms with Crippen LogP contribution < -0.4 is 5.43 Å². The van der Waals surface area contributed by atoms with Crippen LogP contribution >= 0.6 is 0 Å². The first-order valence-electron chi connectivity index (χ1n) is 7.61. The van der Waals surface area contributed by atoms with Crippen molar-refractivity contribution in [1.29, 1.82) is 0 Å². The lowest BCUT2D eigenvalue weighted by Gasteiger charge is -2.36. The molecular weight excluding hydrogens is 292 g/mol. The van der Waals surface area contributed by atoms with E-state index in [-0.39, 0.29) is 17.9 Å². The van der Waals surface area contributed by atoms with Gasteiger partial charge in [-0.2, -0.15) is 0 Å². The van der Waals surface area contributed by atoms with Crippen molar-refractivity contribution in [3.63, 3.8) is 0 Å². The molecule has 5 nitrogen and oxygen atoms in total. The number of carbonyl (C=O) groups is 1. The fraction of sp³-hybridized carbons (Fsp3) is 0.222. The van der Waals surface area contributed by atoms with Crippen LogP contribution in [0.4, 0.5) is 0 Å². The molecule has 23 heavy (non-hydrogen) atoms. The highest BCUT2D eigenvalue weighted by Gasteiger charge is 2.29. The summed E-state index contributed by atoms with van der Waals surface area (Å²) in [6, 6.07) is 14.7. The van der Waals surface area contributed by atoms with Crippen LogP contribution in [-0.2, 0) is 11.3 Å². The number of nitrogens with zero attached hydrogens (tertiary/aromatic N) is 2. The van der Waals surface area contributed by atoms with Crippen molar-refractivity contribution in [3.05, 3.63) is 58.8 Å². The molecule has 1 aliphatic heterocycles. The Morgan fingerprint density at radius 3 is 2.04 bits per heavy atom. The highest BCUT2D eigenvalue weighted by atomic mass is 16.3. The second kappa shape index (κ2) is 5.21. The number of likely N-dealkylation sites (tertiary alicyclic amines) is 1. The summed E-state index contributed by atoms with van der Waals surface area (Å²) in [7, 11) is 0. The van der Waals surface area contributed by atoms with Gasteiger partial charge in [0.25, 0.3) is 0 Å². The summed E-state index contributed by atoms with van der Waals surface area (Å²) in [6.07, 6.45) is -0.415. The number of β-amino-alcohol motifs (C(OH)–C–C–N with tert-alkyl or cyclic N) is 1. The molecule has 0 bridgehead atoms. The van der Waals surface area contributed by atoms with Crippen LogP contribution in [0.3, 0.4) is 0 Å². The van der Waals surface area contributed by atoms with Gasteiger partial charge in [0.1, 0.15) is 6.54 Å². The summed E-state index contributed by atoms with van der Waals surface area (Å²) in [5.41, 5.74) is 1.50. The summed E-state index contributed by atoms with van der Waals surface area (Å²) < 4.78 is 1.89. The van der Waals surface area contributed by atoms with E-state index in [1.165, 1.54) is 0 Å². The zero-order chi connectivity index (χ0) is 16.0. The lowest BCUT2D eigenvalue weighted by molar-refractivity contribution is -0.141. The van der Waals surface area contributed by atoms with E-state index in [0.29, 0.717) is 23.9 Å². The smallest absolute Gasteiger partial charge is 0.242 e. The minimum atomic E-state index is -0.415. The van der Waals surface area contributed by atoms with Gasteiger partial charge in [-0.1, -0.05) is 24.3 Å². The molecule has 5 heteroatoms. The lowest BCUT2D eigenvalue weighted by atomic mass is 10.1. The Labute approximate surface area is 132 Å². The second-order valence-corrected chi connectivity index (χ2v) is 5.90. The van der Waals surface area contributed by atoms with Gasteiger partial charge in [-0.15, -0.1) is 0 Å². The molecule has 2 aromatic carbocycles. The summed E-state index contributed by atoms with van der Waals surface area (Å²) in [6.45, 7) is 0.928. The van der Waals surface area contributed by atoms with Crippen LogP contribution in [0.2, 0.25) is 0 Å². The summed E-state index contributed by atoms with van der Waals surface area (Å²) in [4.78, 5) is 26.7. The molecule has 1 fully saturated rings. The predicted molar refractivity (Wildman–Crippen MR) is 88.3 cm³/mol. The van der Waals surface area contributed by atoms with Crippen molar-refractivity contribution < 1.29 is 9.90 Å². The van der Waals surface area contributed by atoms with Crippen LogP contribution in [-0.4, -0.2) is 39.7 Å². The quantitative estimate of drug-likeness (QED) is 0.727. The molecule has 1 saturated heterocycles. The van der Waals surface area contributed by atoms with E-state index in [2.05, 4.69) is 0 Å². The van der Waals surface area contributed by atoms with E-state index in [4.69, 9.17) is 0 Å². The Morgan fingerprint density at radius 2 is 1.52 bits per heavy atom. The van der Waals surface area contributed by atoms with Crippen LogP contribution in [0.25, 0.3) is 21.8 Å². The first-order chi connectivity index (χ1) is 11.1. The minimum Gasteiger partial charge on any atom is -0.389 e. The maximum atomic E-state index is 12.6. The normalized spacial score (nSPS) is 15.1. The molecule has 1 aromatic heterocycles. The third-order valence-electron chi connectivity index (χ3n) is 4.39. The second-order valence-electron chi connectivity index (χ2n) is 5.90. The van der Waals surface area contributed by atoms with Gasteiger partial charge in [0.05, 0.1) is 17.1 Å². The maximum Gasteiger partial charge on any atom is 0.242 e. The van der Waals surface area contributed by atoms with E-state index in [1.54, 1.807) is 17.0 Å². The van der Waals surface area contributed by atoms with Gasteiger partial charge in [-0.25, -0.2) is 0 Å².